The summed E-state index contributed by atoms with van der Waals surface area (Å²) in [5.41, 5.74) is 3.62. The average Bonchev–Trinajstić information content (AvgIpc) is 3.19. The van der Waals surface area contributed by atoms with E-state index < -0.39 is 0 Å². The quantitative estimate of drug-likeness (QED) is 0.562. The van der Waals surface area contributed by atoms with Crippen LogP contribution in [0.25, 0.3) is 0 Å². The zero-order valence-corrected chi connectivity index (χ0v) is 18.8. The molecule has 0 saturated carbocycles. The molecule has 1 amide bonds. The molecule has 1 aliphatic rings. The number of rotatable bonds is 7. The van der Waals surface area contributed by atoms with Gasteiger partial charge in [0, 0.05) is 32.7 Å². The van der Waals surface area contributed by atoms with Gasteiger partial charge in [-0.15, -0.1) is 0 Å². The molecule has 0 unspecified atom stereocenters. The SMILES string of the molecule is COc1ccccc1OCc1c(C(=O)N2CCN(Cc3ccccc3C)CC2)noc1C. The number of para-hydroxylation sites is 2. The molecule has 168 valence electrons. The molecule has 1 aliphatic heterocycles. The van der Waals surface area contributed by atoms with E-state index >= 15 is 0 Å². The molecule has 2 aromatic carbocycles. The third-order valence-corrected chi connectivity index (χ3v) is 5.94. The summed E-state index contributed by atoms with van der Waals surface area (Å²) >= 11 is 0. The summed E-state index contributed by atoms with van der Waals surface area (Å²) in [5, 5.41) is 4.05. The molecular formula is C25H29N3O4. The van der Waals surface area contributed by atoms with Crippen LogP contribution in [-0.4, -0.2) is 54.2 Å². The van der Waals surface area contributed by atoms with Gasteiger partial charge in [-0.1, -0.05) is 41.6 Å². The van der Waals surface area contributed by atoms with Crippen LogP contribution >= 0.6 is 0 Å². The van der Waals surface area contributed by atoms with Gasteiger partial charge in [0.25, 0.3) is 5.91 Å². The lowest BCUT2D eigenvalue weighted by Crippen LogP contribution is -2.48. The van der Waals surface area contributed by atoms with Crippen LogP contribution < -0.4 is 9.47 Å². The van der Waals surface area contributed by atoms with E-state index in [1.165, 1.54) is 11.1 Å². The number of hydrogen-bond acceptors (Lipinski definition) is 6. The first-order valence-corrected chi connectivity index (χ1v) is 10.8. The van der Waals surface area contributed by atoms with Crippen molar-refractivity contribution in [3.05, 3.63) is 76.7 Å². The van der Waals surface area contributed by atoms with Crippen LogP contribution in [0.1, 0.15) is 32.9 Å². The van der Waals surface area contributed by atoms with E-state index in [4.69, 9.17) is 14.0 Å². The van der Waals surface area contributed by atoms with Crippen LogP contribution in [0.2, 0.25) is 0 Å². The van der Waals surface area contributed by atoms with Gasteiger partial charge in [0.15, 0.2) is 17.2 Å². The number of aryl methyl sites for hydroxylation is 2. The van der Waals surface area contributed by atoms with Gasteiger partial charge in [0.05, 0.1) is 12.7 Å². The highest BCUT2D eigenvalue weighted by atomic mass is 16.5. The van der Waals surface area contributed by atoms with Crippen LogP contribution in [0.5, 0.6) is 11.5 Å². The second-order valence-corrected chi connectivity index (χ2v) is 8.00. The fourth-order valence-electron chi connectivity index (χ4n) is 3.90. The first-order chi connectivity index (χ1) is 15.6. The Labute approximate surface area is 188 Å². The standard InChI is InChI=1S/C25H29N3O4/c1-18-8-4-5-9-20(18)16-27-12-14-28(15-13-27)25(29)24-21(19(2)32-26-24)17-31-23-11-7-6-10-22(23)30-3/h4-11H,12-17H2,1-3H3. The molecule has 0 radical (unpaired) electrons. The summed E-state index contributed by atoms with van der Waals surface area (Å²) in [5.74, 6) is 1.72. The molecule has 1 fully saturated rings. The molecule has 0 atom stereocenters. The lowest BCUT2D eigenvalue weighted by atomic mass is 10.1. The minimum atomic E-state index is -0.115. The molecule has 32 heavy (non-hydrogen) atoms. The van der Waals surface area contributed by atoms with Crippen molar-refractivity contribution in [1.82, 2.24) is 15.0 Å². The third kappa shape index (κ3) is 4.78. The number of amides is 1. The Morgan fingerprint density at radius 3 is 2.41 bits per heavy atom. The van der Waals surface area contributed by atoms with E-state index in [1.807, 2.05) is 29.2 Å². The fraction of sp³-hybridized carbons (Fsp3) is 0.360. The van der Waals surface area contributed by atoms with Crippen LogP contribution in [0, 0.1) is 13.8 Å². The Morgan fingerprint density at radius 1 is 1.00 bits per heavy atom. The predicted molar refractivity (Wildman–Crippen MR) is 121 cm³/mol. The fourth-order valence-corrected chi connectivity index (χ4v) is 3.90. The molecule has 7 nitrogen and oxygen atoms in total. The third-order valence-electron chi connectivity index (χ3n) is 5.94. The van der Waals surface area contributed by atoms with Crippen molar-refractivity contribution in [2.75, 3.05) is 33.3 Å². The highest BCUT2D eigenvalue weighted by molar-refractivity contribution is 5.93. The van der Waals surface area contributed by atoms with Gasteiger partial charge in [-0.3, -0.25) is 9.69 Å². The molecule has 0 bridgehead atoms. The minimum Gasteiger partial charge on any atom is -0.493 e. The van der Waals surface area contributed by atoms with Gasteiger partial charge < -0.3 is 18.9 Å². The summed E-state index contributed by atoms with van der Waals surface area (Å²) in [6, 6.07) is 15.9. The van der Waals surface area contributed by atoms with Crippen molar-refractivity contribution in [2.45, 2.75) is 27.0 Å². The molecule has 4 rings (SSSR count). The number of carbonyl (C=O) groups excluding carboxylic acids is 1. The lowest BCUT2D eigenvalue weighted by molar-refractivity contribution is 0.0616. The highest BCUT2D eigenvalue weighted by Crippen LogP contribution is 2.28. The predicted octanol–water partition coefficient (Wildman–Crippen LogP) is 3.84. The first kappa shape index (κ1) is 21.9. The second kappa shape index (κ2) is 9.87. The topological polar surface area (TPSA) is 68.0 Å². The molecule has 3 aromatic rings. The van der Waals surface area contributed by atoms with Gasteiger partial charge >= 0.3 is 0 Å². The Bertz CT molecular complexity index is 1070. The van der Waals surface area contributed by atoms with E-state index in [0.717, 1.165) is 19.6 Å². The monoisotopic (exact) mass is 435 g/mol. The first-order valence-electron chi connectivity index (χ1n) is 10.8. The van der Waals surface area contributed by atoms with Crippen molar-refractivity contribution in [1.29, 1.82) is 0 Å². The van der Waals surface area contributed by atoms with Crippen LogP contribution in [0.4, 0.5) is 0 Å². The van der Waals surface area contributed by atoms with Gasteiger partial charge in [0.1, 0.15) is 12.4 Å². The maximum atomic E-state index is 13.2. The largest absolute Gasteiger partial charge is 0.493 e. The number of aromatic nitrogens is 1. The molecule has 2 heterocycles. The Morgan fingerprint density at radius 2 is 1.69 bits per heavy atom. The van der Waals surface area contributed by atoms with Gasteiger partial charge in [-0.05, 0) is 37.1 Å². The summed E-state index contributed by atoms with van der Waals surface area (Å²) in [4.78, 5) is 17.4. The summed E-state index contributed by atoms with van der Waals surface area (Å²) in [7, 11) is 1.60. The number of nitrogens with zero attached hydrogens (tertiary/aromatic N) is 3. The van der Waals surface area contributed by atoms with E-state index in [9.17, 15) is 4.79 Å². The summed E-state index contributed by atoms with van der Waals surface area (Å²) in [6.45, 7) is 7.97. The Hall–Kier alpha value is -3.32. The molecular weight excluding hydrogens is 406 g/mol. The highest BCUT2D eigenvalue weighted by Gasteiger charge is 2.28. The van der Waals surface area contributed by atoms with Crippen molar-refractivity contribution < 1.29 is 18.8 Å². The molecule has 7 heteroatoms. The number of carbonyl (C=O) groups is 1. The smallest absolute Gasteiger partial charge is 0.276 e. The summed E-state index contributed by atoms with van der Waals surface area (Å²) < 4.78 is 16.6. The molecule has 0 aliphatic carbocycles. The van der Waals surface area contributed by atoms with Crippen LogP contribution in [0.15, 0.2) is 53.1 Å². The number of hydrogen-bond donors (Lipinski definition) is 0. The normalized spacial score (nSPS) is 14.4. The second-order valence-electron chi connectivity index (χ2n) is 8.00. The van der Waals surface area contributed by atoms with E-state index in [1.54, 1.807) is 14.0 Å². The zero-order chi connectivity index (χ0) is 22.5. The van der Waals surface area contributed by atoms with Crippen molar-refractivity contribution in [3.63, 3.8) is 0 Å². The van der Waals surface area contributed by atoms with E-state index in [0.29, 0.717) is 41.6 Å². The Kier molecular flexibility index (Phi) is 6.75. The maximum absolute atomic E-state index is 13.2. The van der Waals surface area contributed by atoms with E-state index in [2.05, 4.69) is 41.2 Å². The van der Waals surface area contributed by atoms with Gasteiger partial charge in [-0.2, -0.15) is 0 Å². The molecule has 1 aromatic heterocycles. The summed E-state index contributed by atoms with van der Waals surface area (Å²) in [6.07, 6.45) is 0. The molecule has 0 N–H and O–H groups in total. The number of methoxy groups -OCH3 is 1. The van der Waals surface area contributed by atoms with Crippen molar-refractivity contribution in [3.8, 4) is 11.5 Å². The van der Waals surface area contributed by atoms with Crippen molar-refractivity contribution >= 4 is 5.91 Å². The van der Waals surface area contributed by atoms with Crippen LogP contribution in [-0.2, 0) is 13.2 Å². The molecule has 0 spiro atoms. The number of benzene rings is 2. The number of piperazine rings is 1. The van der Waals surface area contributed by atoms with Gasteiger partial charge in [-0.25, -0.2) is 0 Å². The van der Waals surface area contributed by atoms with E-state index in [-0.39, 0.29) is 12.5 Å². The zero-order valence-electron chi connectivity index (χ0n) is 18.8. The van der Waals surface area contributed by atoms with Crippen LogP contribution in [0.3, 0.4) is 0 Å². The minimum absolute atomic E-state index is 0.115. The molecule has 1 saturated heterocycles. The maximum Gasteiger partial charge on any atom is 0.276 e. The Balaban J connectivity index is 1.38. The average molecular weight is 436 g/mol. The number of ether oxygens (including phenoxy) is 2. The van der Waals surface area contributed by atoms with Crippen molar-refractivity contribution in [2.24, 2.45) is 0 Å². The van der Waals surface area contributed by atoms with Gasteiger partial charge in [0.2, 0.25) is 0 Å². The lowest BCUT2D eigenvalue weighted by Gasteiger charge is -2.34.